The van der Waals surface area contributed by atoms with Gasteiger partial charge in [0.05, 0.1) is 5.69 Å². The summed E-state index contributed by atoms with van der Waals surface area (Å²) in [6, 6.07) is 76.3. The molecule has 4 heteroatoms. The molecule has 0 aliphatic heterocycles. The molecule has 10 aromatic carbocycles. The van der Waals surface area contributed by atoms with Crippen molar-refractivity contribution in [1.29, 1.82) is 0 Å². The van der Waals surface area contributed by atoms with Gasteiger partial charge in [-0.3, -0.25) is 0 Å². The Hall–Kier alpha value is -7.08. The zero-order chi connectivity index (χ0) is 40.7. The van der Waals surface area contributed by atoms with Crippen LogP contribution in [0.2, 0.25) is 0 Å². The quantitative estimate of drug-likeness (QED) is 0.151. The summed E-state index contributed by atoms with van der Waals surface area (Å²) >= 11 is 5.66. The van der Waals surface area contributed by atoms with Gasteiger partial charge in [-0.15, -0.1) is 34.0 Å². The maximum Gasteiger partial charge on any atom is 0.0554 e. The molecule has 0 spiro atoms. The standard InChI is InChI=1S/C58H35NS3/c1-3-15-36(16-4-1)31-46(38-27-29-53-47(32-38)43-22-11-13-25-51(43)60-53)49-33-37-17-7-8-20-41(37)58-57(49)56-45-24-10-9-21-42(45)50(35-55(56)62-58)59(39-18-5-2-6-19-39)40-28-30-54-48(34-40)44-23-12-14-26-52(44)61-54/h1-35H/b46-31+. The first-order valence-corrected chi connectivity index (χ1v) is 23.4. The molecule has 13 rings (SSSR count). The smallest absolute Gasteiger partial charge is 0.0554 e. The van der Waals surface area contributed by atoms with Crippen molar-refractivity contribution in [3.63, 3.8) is 0 Å². The second kappa shape index (κ2) is 14.3. The average molecular weight is 842 g/mol. The fourth-order valence-corrected chi connectivity index (χ4v) is 13.1. The molecule has 0 unspecified atom stereocenters. The summed E-state index contributed by atoms with van der Waals surface area (Å²) < 4.78 is 7.83. The normalized spacial score (nSPS) is 12.3. The van der Waals surface area contributed by atoms with E-state index in [0.29, 0.717) is 0 Å². The maximum absolute atomic E-state index is 2.47. The lowest BCUT2D eigenvalue weighted by atomic mass is 9.88. The topological polar surface area (TPSA) is 3.24 Å². The Labute approximate surface area is 370 Å². The average Bonchev–Trinajstić information content (AvgIpc) is 4.03. The van der Waals surface area contributed by atoms with Crippen LogP contribution >= 0.6 is 34.0 Å². The minimum Gasteiger partial charge on any atom is -0.310 e. The molecule has 62 heavy (non-hydrogen) atoms. The van der Waals surface area contributed by atoms with Gasteiger partial charge >= 0.3 is 0 Å². The molecule has 3 aromatic heterocycles. The van der Waals surface area contributed by atoms with Crippen LogP contribution in [0, 0.1) is 0 Å². The van der Waals surface area contributed by atoms with Crippen molar-refractivity contribution >= 4 is 145 Å². The highest BCUT2D eigenvalue weighted by Crippen LogP contribution is 2.51. The number of rotatable bonds is 6. The lowest BCUT2D eigenvalue weighted by Crippen LogP contribution is -2.10. The van der Waals surface area contributed by atoms with Crippen LogP contribution in [0.25, 0.3) is 93.7 Å². The second-order valence-corrected chi connectivity index (χ2v) is 19.2. The summed E-state index contributed by atoms with van der Waals surface area (Å²) in [6.07, 6.45) is 2.40. The third kappa shape index (κ3) is 5.65. The van der Waals surface area contributed by atoms with Gasteiger partial charge in [0.2, 0.25) is 0 Å². The van der Waals surface area contributed by atoms with Crippen molar-refractivity contribution < 1.29 is 0 Å². The first-order valence-electron chi connectivity index (χ1n) is 21.0. The van der Waals surface area contributed by atoms with Crippen LogP contribution in [-0.4, -0.2) is 0 Å². The highest BCUT2D eigenvalue weighted by Gasteiger charge is 2.24. The Kier molecular flexibility index (Phi) is 8.20. The van der Waals surface area contributed by atoms with E-state index in [9.17, 15) is 0 Å². The Bertz CT molecular complexity index is 3930. The number of anilines is 3. The van der Waals surface area contributed by atoms with Crippen LogP contribution in [0.5, 0.6) is 0 Å². The number of fused-ring (bicyclic) bond motifs is 13. The van der Waals surface area contributed by atoms with Gasteiger partial charge in [0.1, 0.15) is 0 Å². The van der Waals surface area contributed by atoms with E-state index in [-0.39, 0.29) is 0 Å². The van der Waals surface area contributed by atoms with Crippen molar-refractivity contribution in [2.45, 2.75) is 0 Å². The number of hydrogen-bond donors (Lipinski definition) is 0. The van der Waals surface area contributed by atoms with Gasteiger partial charge < -0.3 is 4.90 Å². The van der Waals surface area contributed by atoms with E-state index in [4.69, 9.17) is 0 Å². The largest absolute Gasteiger partial charge is 0.310 e. The van der Waals surface area contributed by atoms with E-state index in [1.165, 1.54) is 110 Å². The van der Waals surface area contributed by atoms with Crippen LogP contribution < -0.4 is 4.90 Å². The number of benzene rings is 10. The van der Waals surface area contributed by atoms with E-state index in [2.05, 4.69) is 217 Å². The summed E-state index contributed by atoms with van der Waals surface area (Å²) in [5.74, 6) is 0. The third-order valence-electron chi connectivity index (χ3n) is 12.4. The van der Waals surface area contributed by atoms with Crippen molar-refractivity contribution in [2.24, 2.45) is 0 Å². The minimum absolute atomic E-state index is 1.13. The van der Waals surface area contributed by atoms with Gasteiger partial charge in [-0.25, -0.2) is 0 Å². The van der Waals surface area contributed by atoms with Crippen LogP contribution in [0.4, 0.5) is 17.1 Å². The zero-order valence-electron chi connectivity index (χ0n) is 33.4. The molecular formula is C58H35NS3. The molecule has 0 N–H and O–H groups in total. The van der Waals surface area contributed by atoms with Crippen LogP contribution in [-0.2, 0) is 0 Å². The molecule has 0 aliphatic rings. The first-order chi connectivity index (χ1) is 30.7. The SMILES string of the molecule is C(=C(/c1ccc2sc3ccccc3c2c1)c1cc2ccccc2c2sc3cc(N(c4ccccc4)c4ccc5sc6ccccc6c5c4)c4ccccc4c3c12)/c1ccccc1. The van der Waals surface area contributed by atoms with Crippen molar-refractivity contribution in [3.05, 3.63) is 223 Å². The van der Waals surface area contributed by atoms with Crippen LogP contribution in [0.15, 0.2) is 206 Å². The van der Waals surface area contributed by atoms with E-state index in [0.717, 1.165) is 11.4 Å². The first kappa shape index (κ1) is 35.7. The van der Waals surface area contributed by atoms with E-state index >= 15 is 0 Å². The molecule has 1 nitrogen and oxygen atoms in total. The monoisotopic (exact) mass is 841 g/mol. The molecule has 3 heterocycles. The van der Waals surface area contributed by atoms with Gasteiger partial charge in [0, 0.05) is 77.3 Å². The summed E-state index contributed by atoms with van der Waals surface area (Å²) in [4.78, 5) is 2.47. The molecule has 290 valence electrons. The Morgan fingerprint density at radius 2 is 0.952 bits per heavy atom. The van der Waals surface area contributed by atoms with Gasteiger partial charge in [-0.1, -0.05) is 140 Å². The Balaban J connectivity index is 1.12. The molecule has 0 bridgehead atoms. The predicted molar refractivity (Wildman–Crippen MR) is 275 cm³/mol. The summed E-state index contributed by atoms with van der Waals surface area (Å²) in [7, 11) is 0. The summed E-state index contributed by atoms with van der Waals surface area (Å²) in [6.45, 7) is 0. The third-order valence-corrected chi connectivity index (χ3v) is 15.9. The van der Waals surface area contributed by atoms with Crippen LogP contribution in [0.3, 0.4) is 0 Å². The lowest BCUT2D eigenvalue weighted by Gasteiger charge is -2.27. The van der Waals surface area contributed by atoms with Gasteiger partial charge in [-0.05, 0) is 111 Å². The van der Waals surface area contributed by atoms with Gasteiger partial charge in [0.15, 0.2) is 0 Å². The van der Waals surface area contributed by atoms with E-state index in [1.807, 2.05) is 34.0 Å². The van der Waals surface area contributed by atoms with E-state index in [1.54, 1.807) is 0 Å². The van der Waals surface area contributed by atoms with E-state index < -0.39 is 0 Å². The van der Waals surface area contributed by atoms with Gasteiger partial charge in [0.25, 0.3) is 0 Å². The zero-order valence-corrected chi connectivity index (χ0v) is 35.8. The van der Waals surface area contributed by atoms with Crippen molar-refractivity contribution in [1.82, 2.24) is 0 Å². The molecule has 0 atom stereocenters. The number of thiophene rings is 3. The molecule has 0 fully saturated rings. The fraction of sp³-hybridized carbons (Fsp3) is 0. The Morgan fingerprint density at radius 1 is 0.371 bits per heavy atom. The molecule has 0 saturated heterocycles. The highest BCUT2D eigenvalue weighted by molar-refractivity contribution is 7.27. The molecule has 0 radical (unpaired) electrons. The molecule has 0 amide bonds. The van der Waals surface area contributed by atoms with Crippen molar-refractivity contribution in [3.8, 4) is 0 Å². The number of para-hydroxylation sites is 1. The number of nitrogens with zero attached hydrogens (tertiary/aromatic N) is 1. The van der Waals surface area contributed by atoms with Gasteiger partial charge in [-0.2, -0.15) is 0 Å². The molecular weight excluding hydrogens is 807 g/mol. The maximum atomic E-state index is 2.47. The molecule has 0 saturated carbocycles. The highest BCUT2D eigenvalue weighted by atomic mass is 32.1. The minimum atomic E-state index is 1.13. The summed E-state index contributed by atoms with van der Waals surface area (Å²) in [5.41, 5.74) is 8.32. The summed E-state index contributed by atoms with van der Waals surface area (Å²) in [5, 5.41) is 12.8. The predicted octanol–water partition coefficient (Wildman–Crippen LogP) is 18.2. The van der Waals surface area contributed by atoms with Crippen molar-refractivity contribution in [2.75, 3.05) is 4.90 Å². The molecule has 13 aromatic rings. The fourth-order valence-electron chi connectivity index (χ4n) is 9.63. The van der Waals surface area contributed by atoms with Crippen LogP contribution in [0.1, 0.15) is 16.7 Å². The lowest BCUT2D eigenvalue weighted by molar-refractivity contribution is 1.31. The Morgan fingerprint density at radius 3 is 1.69 bits per heavy atom. The molecule has 0 aliphatic carbocycles. The second-order valence-electron chi connectivity index (χ2n) is 16.0. The number of hydrogen-bond acceptors (Lipinski definition) is 4.